The quantitative estimate of drug-likeness (QED) is 0.686. The van der Waals surface area contributed by atoms with E-state index in [4.69, 9.17) is 32.7 Å². The highest BCUT2D eigenvalue weighted by molar-refractivity contribution is 9.10. The van der Waals surface area contributed by atoms with Crippen LogP contribution in [0.5, 0.6) is 11.5 Å². The van der Waals surface area contributed by atoms with Crippen molar-refractivity contribution in [2.45, 2.75) is 32.4 Å². The van der Waals surface area contributed by atoms with Gasteiger partial charge >= 0.3 is 0 Å². The zero-order chi connectivity index (χ0) is 15.2. The Bertz CT molecular complexity index is 519. The third-order valence-corrected chi connectivity index (χ3v) is 4.20. The van der Waals surface area contributed by atoms with E-state index in [1.807, 2.05) is 19.1 Å². The highest BCUT2D eigenvalue weighted by Crippen LogP contribution is 2.37. The van der Waals surface area contributed by atoms with Crippen molar-refractivity contribution < 1.29 is 9.47 Å². The second-order valence-corrected chi connectivity index (χ2v) is 6.40. The maximum atomic E-state index is 5.86. The first-order valence-electron chi connectivity index (χ1n) is 6.90. The molecule has 1 N–H and O–H groups in total. The maximum Gasteiger partial charge on any atom is 0.175 e. The Kier molecular flexibility index (Phi) is 6.68. The highest BCUT2D eigenvalue weighted by atomic mass is 79.9. The van der Waals surface area contributed by atoms with Gasteiger partial charge in [-0.1, -0.05) is 23.2 Å². The number of ether oxygens (including phenoxy) is 2. The monoisotopic (exact) mass is 393 g/mol. The van der Waals surface area contributed by atoms with Gasteiger partial charge in [-0.3, -0.25) is 0 Å². The molecule has 1 saturated carbocycles. The number of halogens is 3. The molecule has 0 bridgehead atoms. The summed E-state index contributed by atoms with van der Waals surface area (Å²) in [6, 6.07) is 4.70. The lowest BCUT2D eigenvalue weighted by Crippen LogP contribution is -2.15. The molecule has 0 saturated heterocycles. The molecule has 6 heteroatoms. The van der Waals surface area contributed by atoms with Crippen LogP contribution >= 0.6 is 39.1 Å². The van der Waals surface area contributed by atoms with Gasteiger partial charge in [0.25, 0.3) is 0 Å². The van der Waals surface area contributed by atoms with Gasteiger partial charge < -0.3 is 14.8 Å². The van der Waals surface area contributed by atoms with Crippen LogP contribution in [0.1, 0.15) is 25.3 Å². The molecule has 2 rings (SSSR count). The number of benzene rings is 1. The van der Waals surface area contributed by atoms with Crippen molar-refractivity contribution in [1.82, 2.24) is 5.32 Å². The van der Waals surface area contributed by atoms with Crippen LogP contribution in [0.25, 0.3) is 0 Å². The Labute approximate surface area is 143 Å². The SMILES string of the molecule is CCOc1cc(CNC2CC2)cc(Br)c1OCC(Cl)=CCl. The van der Waals surface area contributed by atoms with E-state index in [0.29, 0.717) is 29.2 Å². The number of rotatable bonds is 8. The fraction of sp³-hybridized carbons (Fsp3) is 0.467. The van der Waals surface area contributed by atoms with Crippen LogP contribution in [0.4, 0.5) is 0 Å². The molecule has 3 nitrogen and oxygen atoms in total. The van der Waals surface area contributed by atoms with Gasteiger partial charge in [-0.25, -0.2) is 0 Å². The first-order chi connectivity index (χ1) is 10.1. The zero-order valence-corrected chi connectivity index (χ0v) is 14.9. The molecule has 0 atom stereocenters. The smallest absolute Gasteiger partial charge is 0.175 e. The van der Waals surface area contributed by atoms with Crippen LogP contribution in [0.15, 0.2) is 27.2 Å². The van der Waals surface area contributed by atoms with Gasteiger partial charge in [-0.15, -0.1) is 0 Å². The summed E-state index contributed by atoms with van der Waals surface area (Å²) in [5.74, 6) is 1.35. The van der Waals surface area contributed by atoms with Crippen molar-refractivity contribution in [2.24, 2.45) is 0 Å². The van der Waals surface area contributed by atoms with Crippen molar-refractivity contribution in [2.75, 3.05) is 13.2 Å². The Hall–Kier alpha value is -0.420. The van der Waals surface area contributed by atoms with Gasteiger partial charge in [-0.2, -0.15) is 0 Å². The van der Waals surface area contributed by atoms with E-state index in [-0.39, 0.29) is 6.61 Å². The van der Waals surface area contributed by atoms with E-state index in [1.54, 1.807) is 0 Å². The molecule has 116 valence electrons. The van der Waals surface area contributed by atoms with Crippen LogP contribution < -0.4 is 14.8 Å². The summed E-state index contributed by atoms with van der Waals surface area (Å²) in [6.45, 7) is 3.55. The molecule has 1 aromatic carbocycles. The molecule has 1 fully saturated rings. The molecule has 21 heavy (non-hydrogen) atoms. The van der Waals surface area contributed by atoms with Crippen LogP contribution in [-0.4, -0.2) is 19.3 Å². The summed E-state index contributed by atoms with van der Waals surface area (Å²) >= 11 is 14.9. The minimum absolute atomic E-state index is 0.212. The number of nitrogens with one attached hydrogen (secondary N) is 1. The summed E-state index contributed by atoms with van der Waals surface area (Å²) in [5.41, 5.74) is 2.45. The lowest BCUT2D eigenvalue weighted by atomic mass is 10.2. The molecule has 0 spiro atoms. The molecule has 0 radical (unpaired) electrons. The van der Waals surface area contributed by atoms with Crippen molar-refractivity contribution in [3.8, 4) is 11.5 Å². The third kappa shape index (κ3) is 5.37. The Morgan fingerprint density at radius 1 is 1.43 bits per heavy atom. The van der Waals surface area contributed by atoms with E-state index >= 15 is 0 Å². The van der Waals surface area contributed by atoms with Gasteiger partial charge in [-0.05, 0) is 53.4 Å². The van der Waals surface area contributed by atoms with Crippen LogP contribution in [0.3, 0.4) is 0 Å². The second-order valence-electron chi connectivity index (χ2n) is 4.84. The average Bonchev–Trinajstić information content (AvgIpc) is 3.28. The molecular weight excluding hydrogens is 377 g/mol. The molecule has 0 aromatic heterocycles. The minimum Gasteiger partial charge on any atom is -0.490 e. The normalized spacial score (nSPS) is 15.1. The van der Waals surface area contributed by atoms with Crippen molar-refractivity contribution in [1.29, 1.82) is 0 Å². The van der Waals surface area contributed by atoms with Crippen LogP contribution in [0.2, 0.25) is 0 Å². The molecular formula is C15H18BrCl2NO2. The summed E-state index contributed by atoms with van der Waals surface area (Å²) < 4.78 is 12.2. The van der Waals surface area contributed by atoms with E-state index in [2.05, 4.69) is 21.2 Å². The third-order valence-electron chi connectivity index (χ3n) is 3.01. The molecule has 1 aliphatic rings. The van der Waals surface area contributed by atoms with E-state index in [9.17, 15) is 0 Å². The van der Waals surface area contributed by atoms with Gasteiger partial charge in [0.15, 0.2) is 11.5 Å². The molecule has 1 aromatic rings. The van der Waals surface area contributed by atoms with Crippen molar-refractivity contribution in [3.05, 3.63) is 32.7 Å². The molecule has 0 heterocycles. The van der Waals surface area contributed by atoms with Gasteiger partial charge in [0.2, 0.25) is 0 Å². The van der Waals surface area contributed by atoms with Crippen LogP contribution in [0, 0.1) is 0 Å². The van der Waals surface area contributed by atoms with Gasteiger partial charge in [0, 0.05) is 18.1 Å². The fourth-order valence-electron chi connectivity index (χ4n) is 1.85. The predicted molar refractivity (Wildman–Crippen MR) is 90.5 cm³/mol. The number of hydrogen-bond donors (Lipinski definition) is 1. The first-order valence-corrected chi connectivity index (χ1v) is 8.51. The highest BCUT2D eigenvalue weighted by Gasteiger charge is 2.20. The average molecular weight is 395 g/mol. The first kappa shape index (κ1) is 16.9. The molecule has 0 amide bonds. The van der Waals surface area contributed by atoms with E-state index < -0.39 is 0 Å². The topological polar surface area (TPSA) is 30.5 Å². The van der Waals surface area contributed by atoms with Gasteiger partial charge in [0.1, 0.15) is 6.61 Å². The lowest BCUT2D eigenvalue weighted by Gasteiger charge is -2.15. The largest absolute Gasteiger partial charge is 0.490 e. The summed E-state index contributed by atoms with van der Waals surface area (Å²) in [4.78, 5) is 0. The second kappa shape index (κ2) is 8.28. The summed E-state index contributed by atoms with van der Waals surface area (Å²) in [6.07, 6.45) is 2.54. The lowest BCUT2D eigenvalue weighted by molar-refractivity contribution is 0.293. The summed E-state index contributed by atoms with van der Waals surface area (Å²) in [5, 5.41) is 3.92. The Balaban J connectivity index is 2.12. The zero-order valence-electron chi connectivity index (χ0n) is 11.8. The number of hydrogen-bond acceptors (Lipinski definition) is 3. The van der Waals surface area contributed by atoms with Crippen molar-refractivity contribution >= 4 is 39.1 Å². The maximum absolute atomic E-state index is 5.86. The standard InChI is InChI=1S/C15H18BrCl2NO2/c1-2-20-14-6-10(8-19-12-3-4-12)5-13(16)15(14)21-9-11(18)7-17/h5-7,12,19H,2-4,8-9H2,1H3. The summed E-state index contributed by atoms with van der Waals surface area (Å²) in [7, 11) is 0. The fourth-order valence-corrected chi connectivity index (χ4v) is 2.57. The Morgan fingerprint density at radius 2 is 2.19 bits per heavy atom. The predicted octanol–water partition coefficient (Wildman–Crippen LogP) is 4.80. The Morgan fingerprint density at radius 3 is 2.81 bits per heavy atom. The molecule has 0 aliphatic heterocycles. The van der Waals surface area contributed by atoms with E-state index in [0.717, 1.165) is 16.6 Å². The van der Waals surface area contributed by atoms with Crippen molar-refractivity contribution in [3.63, 3.8) is 0 Å². The molecule has 0 unspecified atom stereocenters. The van der Waals surface area contributed by atoms with Gasteiger partial charge in [0.05, 0.1) is 16.1 Å². The van der Waals surface area contributed by atoms with E-state index in [1.165, 1.54) is 18.4 Å². The molecule has 1 aliphatic carbocycles. The van der Waals surface area contributed by atoms with Crippen LogP contribution in [-0.2, 0) is 6.54 Å². The minimum atomic E-state index is 0.212.